The number of fused-ring (bicyclic) bond motifs is 1. The van der Waals surface area contributed by atoms with Gasteiger partial charge >= 0.3 is 0 Å². The number of nitrogens with one attached hydrogen (secondary N) is 1. The standard InChI is InChI=1S/C17H21N3S/c1-3-7-18-10-14-4-5-17-15(9-14)6-8-20(17)11-16-12-21-13(2)19-16/h4-6,8-9,12,18H,3,7,10-11H2,1-2H3. The molecule has 0 unspecified atom stereocenters. The van der Waals surface area contributed by atoms with E-state index >= 15 is 0 Å². The van der Waals surface area contributed by atoms with Crippen molar-refractivity contribution in [3.63, 3.8) is 0 Å². The summed E-state index contributed by atoms with van der Waals surface area (Å²) in [6.45, 7) is 7.11. The molecule has 0 aliphatic heterocycles. The van der Waals surface area contributed by atoms with Crippen molar-refractivity contribution in [1.82, 2.24) is 14.9 Å². The van der Waals surface area contributed by atoms with Crippen LogP contribution >= 0.6 is 11.3 Å². The number of hydrogen-bond acceptors (Lipinski definition) is 3. The van der Waals surface area contributed by atoms with E-state index in [4.69, 9.17) is 0 Å². The molecule has 0 amide bonds. The van der Waals surface area contributed by atoms with E-state index < -0.39 is 0 Å². The summed E-state index contributed by atoms with van der Waals surface area (Å²) in [6, 6.07) is 8.91. The highest BCUT2D eigenvalue weighted by atomic mass is 32.1. The second-order valence-electron chi connectivity index (χ2n) is 5.37. The van der Waals surface area contributed by atoms with Crippen LogP contribution in [0, 0.1) is 6.92 Å². The molecule has 0 aliphatic rings. The van der Waals surface area contributed by atoms with E-state index in [-0.39, 0.29) is 0 Å². The fourth-order valence-corrected chi connectivity index (χ4v) is 3.17. The first-order chi connectivity index (χ1) is 10.3. The van der Waals surface area contributed by atoms with Gasteiger partial charge < -0.3 is 9.88 Å². The molecule has 21 heavy (non-hydrogen) atoms. The Hall–Kier alpha value is -1.65. The number of nitrogens with zero attached hydrogens (tertiary/aromatic N) is 2. The Morgan fingerprint density at radius 3 is 2.95 bits per heavy atom. The lowest BCUT2D eigenvalue weighted by molar-refractivity contribution is 0.676. The lowest BCUT2D eigenvalue weighted by Gasteiger charge is -2.06. The summed E-state index contributed by atoms with van der Waals surface area (Å²) in [5, 5.41) is 8.03. The van der Waals surface area contributed by atoms with Gasteiger partial charge in [-0.1, -0.05) is 13.0 Å². The predicted octanol–water partition coefficient (Wildman–Crippen LogP) is 3.95. The van der Waals surface area contributed by atoms with Crippen LogP contribution < -0.4 is 5.32 Å². The highest BCUT2D eigenvalue weighted by Crippen LogP contribution is 2.19. The third-order valence-electron chi connectivity index (χ3n) is 3.59. The lowest BCUT2D eigenvalue weighted by atomic mass is 10.1. The SMILES string of the molecule is CCCNCc1ccc2c(ccn2Cc2csc(C)n2)c1. The monoisotopic (exact) mass is 299 g/mol. The van der Waals surface area contributed by atoms with Crippen molar-refractivity contribution < 1.29 is 0 Å². The Kier molecular flexibility index (Phi) is 4.36. The average Bonchev–Trinajstić information content (AvgIpc) is 3.06. The number of rotatable bonds is 6. The topological polar surface area (TPSA) is 29.9 Å². The van der Waals surface area contributed by atoms with Crippen LogP contribution in [-0.2, 0) is 13.1 Å². The molecule has 2 aromatic heterocycles. The van der Waals surface area contributed by atoms with Crippen LogP contribution in [0.1, 0.15) is 29.6 Å². The summed E-state index contributed by atoms with van der Waals surface area (Å²) < 4.78 is 2.27. The van der Waals surface area contributed by atoms with Crippen LogP contribution in [0.25, 0.3) is 10.9 Å². The van der Waals surface area contributed by atoms with Gasteiger partial charge in [0.05, 0.1) is 17.2 Å². The van der Waals surface area contributed by atoms with E-state index in [1.165, 1.54) is 22.9 Å². The molecular weight excluding hydrogens is 278 g/mol. The minimum absolute atomic E-state index is 0.848. The summed E-state index contributed by atoms with van der Waals surface area (Å²) in [6.07, 6.45) is 3.33. The highest BCUT2D eigenvalue weighted by molar-refractivity contribution is 7.09. The summed E-state index contributed by atoms with van der Waals surface area (Å²) >= 11 is 1.71. The zero-order chi connectivity index (χ0) is 14.7. The van der Waals surface area contributed by atoms with Crippen molar-refractivity contribution in [3.05, 3.63) is 52.1 Å². The summed E-state index contributed by atoms with van der Waals surface area (Å²) in [5.41, 5.74) is 3.77. The molecule has 0 spiro atoms. The lowest BCUT2D eigenvalue weighted by Crippen LogP contribution is -2.13. The fraction of sp³-hybridized carbons (Fsp3) is 0.353. The first-order valence-corrected chi connectivity index (χ1v) is 8.33. The van der Waals surface area contributed by atoms with Gasteiger partial charge in [0.1, 0.15) is 0 Å². The third kappa shape index (κ3) is 3.34. The van der Waals surface area contributed by atoms with Crippen LogP contribution in [0.4, 0.5) is 0 Å². The van der Waals surface area contributed by atoms with Gasteiger partial charge in [-0.05, 0) is 49.0 Å². The second-order valence-corrected chi connectivity index (χ2v) is 6.43. The van der Waals surface area contributed by atoms with Gasteiger partial charge in [0, 0.05) is 23.6 Å². The van der Waals surface area contributed by atoms with Crippen LogP contribution in [0.15, 0.2) is 35.8 Å². The first kappa shape index (κ1) is 14.3. The smallest absolute Gasteiger partial charge is 0.0898 e. The zero-order valence-electron chi connectivity index (χ0n) is 12.6. The molecule has 0 fully saturated rings. The Balaban J connectivity index is 1.79. The van der Waals surface area contributed by atoms with Crippen molar-refractivity contribution >= 4 is 22.2 Å². The van der Waals surface area contributed by atoms with Crippen LogP contribution in [0.2, 0.25) is 0 Å². The fourth-order valence-electron chi connectivity index (χ4n) is 2.56. The van der Waals surface area contributed by atoms with Gasteiger partial charge in [-0.25, -0.2) is 4.98 Å². The third-order valence-corrected chi connectivity index (χ3v) is 4.41. The molecule has 1 aromatic carbocycles. The molecule has 3 nitrogen and oxygen atoms in total. The minimum atomic E-state index is 0.848. The zero-order valence-corrected chi connectivity index (χ0v) is 13.4. The second kappa shape index (κ2) is 6.41. The molecule has 3 aromatic rings. The molecule has 2 heterocycles. The van der Waals surface area contributed by atoms with E-state index in [1.807, 2.05) is 0 Å². The van der Waals surface area contributed by atoms with Gasteiger partial charge in [-0.15, -0.1) is 11.3 Å². The van der Waals surface area contributed by atoms with Crippen LogP contribution in [0.5, 0.6) is 0 Å². The maximum Gasteiger partial charge on any atom is 0.0898 e. The molecule has 3 rings (SSSR count). The molecule has 0 radical (unpaired) electrons. The summed E-state index contributed by atoms with van der Waals surface area (Å²) in [5.74, 6) is 0. The van der Waals surface area contributed by atoms with Gasteiger partial charge in [0.2, 0.25) is 0 Å². The molecule has 0 saturated heterocycles. The van der Waals surface area contributed by atoms with E-state index in [2.05, 4.69) is 64.6 Å². The maximum atomic E-state index is 4.55. The molecule has 0 saturated carbocycles. The van der Waals surface area contributed by atoms with Gasteiger partial charge in [-0.3, -0.25) is 0 Å². The normalized spacial score (nSPS) is 11.3. The Morgan fingerprint density at radius 2 is 2.19 bits per heavy atom. The maximum absolute atomic E-state index is 4.55. The largest absolute Gasteiger partial charge is 0.341 e. The Morgan fingerprint density at radius 1 is 1.29 bits per heavy atom. The van der Waals surface area contributed by atoms with Crippen molar-refractivity contribution in [3.8, 4) is 0 Å². The molecule has 110 valence electrons. The van der Waals surface area contributed by atoms with Crippen molar-refractivity contribution in [2.24, 2.45) is 0 Å². The molecular formula is C17H21N3S. The van der Waals surface area contributed by atoms with Crippen molar-refractivity contribution in [2.45, 2.75) is 33.4 Å². The molecule has 4 heteroatoms. The first-order valence-electron chi connectivity index (χ1n) is 7.46. The quantitative estimate of drug-likeness (QED) is 0.698. The number of aromatic nitrogens is 2. The van der Waals surface area contributed by atoms with Gasteiger partial charge in [-0.2, -0.15) is 0 Å². The van der Waals surface area contributed by atoms with Crippen molar-refractivity contribution in [1.29, 1.82) is 0 Å². The van der Waals surface area contributed by atoms with E-state index in [0.29, 0.717) is 0 Å². The highest BCUT2D eigenvalue weighted by Gasteiger charge is 2.05. The number of hydrogen-bond donors (Lipinski definition) is 1. The van der Waals surface area contributed by atoms with E-state index in [1.54, 1.807) is 11.3 Å². The summed E-state index contributed by atoms with van der Waals surface area (Å²) in [4.78, 5) is 4.55. The number of benzene rings is 1. The van der Waals surface area contributed by atoms with Crippen LogP contribution in [0.3, 0.4) is 0 Å². The van der Waals surface area contributed by atoms with Gasteiger partial charge in [0.25, 0.3) is 0 Å². The molecule has 0 atom stereocenters. The molecule has 0 aliphatic carbocycles. The molecule has 1 N–H and O–H groups in total. The predicted molar refractivity (Wildman–Crippen MR) is 89.9 cm³/mol. The van der Waals surface area contributed by atoms with Crippen molar-refractivity contribution in [2.75, 3.05) is 6.54 Å². The van der Waals surface area contributed by atoms with Gasteiger partial charge in [0.15, 0.2) is 0 Å². The number of thiazole rings is 1. The average molecular weight is 299 g/mol. The summed E-state index contributed by atoms with van der Waals surface area (Å²) in [7, 11) is 0. The Bertz CT molecular complexity index is 727. The Labute approximate surface area is 129 Å². The van der Waals surface area contributed by atoms with E-state index in [0.717, 1.165) is 30.3 Å². The minimum Gasteiger partial charge on any atom is -0.341 e. The van der Waals surface area contributed by atoms with Crippen LogP contribution in [-0.4, -0.2) is 16.1 Å². The number of aryl methyl sites for hydroxylation is 1. The van der Waals surface area contributed by atoms with E-state index in [9.17, 15) is 0 Å². The molecule has 0 bridgehead atoms.